The highest BCUT2D eigenvalue weighted by atomic mass is 16.2. The number of rotatable bonds is 4. The van der Waals surface area contributed by atoms with Gasteiger partial charge in [0.05, 0.1) is 0 Å². The third-order valence-electron chi connectivity index (χ3n) is 4.51. The maximum absolute atomic E-state index is 10.8. The van der Waals surface area contributed by atoms with E-state index >= 15 is 0 Å². The molecule has 0 radical (unpaired) electrons. The molecule has 2 aliphatic rings. The minimum Gasteiger partial charge on any atom is -0.351 e. The van der Waals surface area contributed by atoms with E-state index in [4.69, 9.17) is 5.73 Å². The van der Waals surface area contributed by atoms with Crippen molar-refractivity contribution in [3.05, 3.63) is 42.0 Å². The summed E-state index contributed by atoms with van der Waals surface area (Å²) in [7, 11) is 0. The highest BCUT2D eigenvalue weighted by molar-refractivity contribution is 5.87. The molecule has 0 bridgehead atoms. The lowest BCUT2D eigenvalue weighted by molar-refractivity contribution is 0.152. The zero-order valence-electron chi connectivity index (χ0n) is 11.7. The van der Waals surface area contributed by atoms with Gasteiger partial charge in [0.15, 0.2) is 0 Å². The lowest BCUT2D eigenvalue weighted by Gasteiger charge is -2.42. The van der Waals surface area contributed by atoms with Gasteiger partial charge in [-0.05, 0) is 49.3 Å². The fourth-order valence-corrected chi connectivity index (χ4v) is 3.32. The number of amides is 2. The first kappa shape index (κ1) is 13.2. The summed E-state index contributed by atoms with van der Waals surface area (Å²) < 4.78 is 0. The van der Waals surface area contributed by atoms with Crippen LogP contribution in [0.2, 0.25) is 0 Å². The number of anilines is 1. The van der Waals surface area contributed by atoms with Gasteiger partial charge in [-0.25, -0.2) is 4.79 Å². The lowest BCUT2D eigenvalue weighted by atomic mass is 9.71. The number of allylic oxidation sites excluding steroid dienone is 1. The minimum atomic E-state index is -0.530. The normalized spacial score (nSPS) is 28.6. The molecule has 2 aliphatic carbocycles. The smallest absolute Gasteiger partial charge is 0.316 e. The van der Waals surface area contributed by atoms with Crippen LogP contribution in [0.3, 0.4) is 0 Å². The summed E-state index contributed by atoms with van der Waals surface area (Å²) in [5.41, 5.74) is 7.05. The van der Waals surface area contributed by atoms with Crippen LogP contribution < -0.4 is 16.4 Å². The maximum atomic E-state index is 10.8. The molecule has 1 fully saturated rings. The molecule has 20 heavy (non-hydrogen) atoms. The van der Waals surface area contributed by atoms with Crippen LogP contribution in [0, 0.1) is 11.8 Å². The third-order valence-corrected chi connectivity index (χ3v) is 4.51. The zero-order valence-corrected chi connectivity index (χ0v) is 11.7. The van der Waals surface area contributed by atoms with Crippen LogP contribution >= 0.6 is 0 Å². The maximum Gasteiger partial charge on any atom is 0.316 e. The fourth-order valence-electron chi connectivity index (χ4n) is 3.32. The van der Waals surface area contributed by atoms with Crippen molar-refractivity contribution in [1.82, 2.24) is 5.32 Å². The Balaban J connectivity index is 1.58. The van der Waals surface area contributed by atoms with Crippen molar-refractivity contribution in [2.24, 2.45) is 17.6 Å². The Labute approximate surface area is 119 Å². The predicted molar refractivity (Wildman–Crippen MR) is 80.3 cm³/mol. The van der Waals surface area contributed by atoms with Crippen LogP contribution in [0.1, 0.15) is 31.4 Å². The van der Waals surface area contributed by atoms with Crippen LogP contribution in [-0.4, -0.2) is 12.1 Å². The van der Waals surface area contributed by atoms with Gasteiger partial charge in [0.1, 0.15) is 0 Å². The number of primary amides is 1. The van der Waals surface area contributed by atoms with Gasteiger partial charge >= 0.3 is 6.03 Å². The van der Waals surface area contributed by atoms with E-state index in [2.05, 4.69) is 29.7 Å². The second-order valence-electron chi connectivity index (χ2n) is 5.84. The van der Waals surface area contributed by atoms with Gasteiger partial charge in [0.25, 0.3) is 0 Å². The molecule has 0 heterocycles. The number of nitrogens with two attached hydrogens (primary N) is 1. The molecule has 0 saturated heterocycles. The van der Waals surface area contributed by atoms with E-state index in [0.717, 1.165) is 17.5 Å². The van der Waals surface area contributed by atoms with E-state index in [1.807, 2.05) is 24.3 Å². The largest absolute Gasteiger partial charge is 0.351 e. The van der Waals surface area contributed by atoms with Crippen molar-refractivity contribution in [2.75, 3.05) is 5.32 Å². The highest BCUT2D eigenvalue weighted by Crippen LogP contribution is 2.43. The minimum absolute atomic E-state index is 0.317. The fraction of sp³-hybridized carbons (Fsp3) is 0.438. The van der Waals surface area contributed by atoms with E-state index in [9.17, 15) is 4.79 Å². The van der Waals surface area contributed by atoms with Crippen molar-refractivity contribution in [1.29, 1.82) is 0 Å². The summed E-state index contributed by atoms with van der Waals surface area (Å²) in [6.45, 7) is 2.18. The summed E-state index contributed by atoms with van der Waals surface area (Å²) in [5.74, 6) is 1.61. The SMILES string of the molecule is CC(NC1CC2CC=CC21)c1ccc(NC(N)=O)cc1. The zero-order chi connectivity index (χ0) is 14.1. The number of carbonyl (C=O) groups excluding carboxylic acids is 1. The molecule has 4 atom stereocenters. The number of fused-ring (bicyclic) bond motifs is 1. The number of urea groups is 1. The second-order valence-corrected chi connectivity index (χ2v) is 5.84. The van der Waals surface area contributed by atoms with Gasteiger partial charge in [-0.15, -0.1) is 0 Å². The molecule has 0 aromatic heterocycles. The molecule has 1 aromatic rings. The summed E-state index contributed by atoms with van der Waals surface area (Å²) in [6, 6.07) is 8.23. The van der Waals surface area contributed by atoms with Gasteiger partial charge < -0.3 is 16.4 Å². The Morgan fingerprint density at radius 3 is 2.75 bits per heavy atom. The lowest BCUT2D eigenvalue weighted by Crippen LogP contribution is -2.48. The van der Waals surface area contributed by atoms with Gasteiger partial charge in [-0.1, -0.05) is 24.3 Å². The molecule has 4 unspecified atom stereocenters. The average molecular weight is 271 g/mol. The Morgan fingerprint density at radius 1 is 1.35 bits per heavy atom. The van der Waals surface area contributed by atoms with Gasteiger partial charge in [-0.2, -0.15) is 0 Å². The van der Waals surface area contributed by atoms with E-state index in [1.54, 1.807) is 0 Å². The Kier molecular flexibility index (Phi) is 3.49. The van der Waals surface area contributed by atoms with Crippen molar-refractivity contribution < 1.29 is 4.79 Å². The number of hydrogen-bond donors (Lipinski definition) is 3. The van der Waals surface area contributed by atoms with Crippen molar-refractivity contribution in [3.63, 3.8) is 0 Å². The molecular weight excluding hydrogens is 250 g/mol. The van der Waals surface area contributed by atoms with Gasteiger partial charge in [-0.3, -0.25) is 0 Å². The first-order valence-electron chi connectivity index (χ1n) is 7.22. The van der Waals surface area contributed by atoms with E-state index in [0.29, 0.717) is 12.1 Å². The molecule has 4 N–H and O–H groups in total. The monoisotopic (exact) mass is 271 g/mol. The molecule has 0 spiro atoms. The Morgan fingerprint density at radius 2 is 2.10 bits per heavy atom. The molecular formula is C16H21N3O. The molecule has 106 valence electrons. The van der Waals surface area contributed by atoms with Crippen molar-refractivity contribution >= 4 is 11.7 Å². The molecule has 0 aliphatic heterocycles. The van der Waals surface area contributed by atoms with Crippen LogP contribution in [0.4, 0.5) is 10.5 Å². The standard InChI is InChI=1S/C16H21N3O/c1-10(18-15-9-12-3-2-4-14(12)15)11-5-7-13(8-6-11)19-16(17)20/h2,4-8,10,12,14-15,18H,3,9H2,1H3,(H3,17,19,20). The molecule has 4 heteroatoms. The second kappa shape index (κ2) is 5.29. The van der Waals surface area contributed by atoms with Crippen LogP contribution in [0.5, 0.6) is 0 Å². The molecule has 1 aromatic carbocycles. The van der Waals surface area contributed by atoms with Crippen LogP contribution in [0.15, 0.2) is 36.4 Å². The quantitative estimate of drug-likeness (QED) is 0.737. The van der Waals surface area contributed by atoms with E-state index < -0.39 is 6.03 Å². The van der Waals surface area contributed by atoms with E-state index in [-0.39, 0.29) is 0 Å². The highest BCUT2D eigenvalue weighted by Gasteiger charge is 2.41. The van der Waals surface area contributed by atoms with Crippen molar-refractivity contribution in [3.8, 4) is 0 Å². The first-order valence-corrected chi connectivity index (χ1v) is 7.22. The summed E-state index contributed by atoms with van der Waals surface area (Å²) in [5, 5.41) is 6.27. The number of benzene rings is 1. The molecule has 2 amide bonds. The summed E-state index contributed by atoms with van der Waals surface area (Å²) in [6.07, 6.45) is 7.21. The van der Waals surface area contributed by atoms with Crippen molar-refractivity contribution in [2.45, 2.75) is 31.8 Å². The van der Waals surface area contributed by atoms with Gasteiger partial charge in [0.2, 0.25) is 0 Å². The first-order chi connectivity index (χ1) is 9.63. The third kappa shape index (κ3) is 2.56. The average Bonchev–Trinajstić information content (AvgIpc) is 2.77. The Bertz CT molecular complexity index is 523. The Hall–Kier alpha value is -1.81. The van der Waals surface area contributed by atoms with Crippen LogP contribution in [0.25, 0.3) is 0 Å². The number of nitrogens with one attached hydrogen (secondary N) is 2. The predicted octanol–water partition coefficient (Wildman–Crippen LogP) is 2.79. The topological polar surface area (TPSA) is 67.2 Å². The molecule has 4 nitrogen and oxygen atoms in total. The molecule has 3 rings (SSSR count). The number of carbonyl (C=O) groups is 1. The van der Waals surface area contributed by atoms with E-state index in [1.165, 1.54) is 18.4 Å². The summed E-state index contributed by atoms with van der Waals surface area (Å²) >= 11 is 0. The number of hydrogen-bond acceptors (Lipinski definition) is 2. The summed E-state index contributed by atoms with van der Waals surface area (Å²) in [4.78, 5) is 10.8. The van der Waals surface area contributed by atoms with Crippen LogP contribution in [-0.2, 0) is 0 Å². The van der Waals surface area contributed by atoms with Gasteiger partial charge in [0, 0.05) is 17.8 Å². The molecule has 1 saturated carbocycles.